The van der Waals surface area contributed by atoms with Crippen molar-refractivity contribution in [1.82, 2.24) is 4.98 Å². The maximum Gasteiger partial charge on any atom is 0.261 e. The molecule has 0 bridgehead atoms. The summed E-state index contributed by atoms with van der Waals surface area (Å²) in [5.41, 5.74) is 3.27. The van der Waals surface area contributed by atoms with E-state index in [4.69, 9.17) is 17.0 Å². The molecule has 20 heavy (non-hydrogen) atoms. The summed E-state index contributed by atoms with van der Waals surface area (Å²) in [7, 11) is 0. The second-order valence-electron chi connectivity index (χ2n) is 4.51. The lowest BCUT2D eigenvalue weighted by Gasteiger charge is -2.10. The highest BCUT2D eigenvalue weighted by molar-refractivity contribution is 7.80. The van der Waals surface area contributed by atoms with Gasteiger partial charge in [0.25, 0.3) is 5.17 Å². The monoisotopic (exact) mass is 286 g/mol. The Morgan fingerprint density at radius 3 is 2.65 bits per heavy atom. The molecule has 1 N–H and O–H groups in total. The fourth-order valence-corrected chi connectivity index (χ4v) is 2.01. The number of thiocarbonyl (C=S) groups is 1. The standard InChI is InChI=1S/C16H18N2OS/c1-2-4-13-6-8-15(9-7-13)18-16(20)19-12-14-5-3-10-17-11-14/h3,5-11H,2,4,12H2,1H3,(H,18,20). The highest BCUT2D eigenvalue weighted by Crippen LogP contribution is 2.11. The molecule has 0 saturated heterocycles. The molecule has 3 nitrogen and oxygen atoms in total. The number of pyridine rings is 1. The van der Waals surface area contributed by atoms with Crippen LogP contribution >= 0.6 is 12.2 Å². The number of rotatable bonds is 5. The van der Waals surface area contributed by atoms with Gasteiger partial charge in [0.2, 0.25) is 0 Å². The van der Waals surface area contributed by atoms with Gasteiger partial charge in [0, 0.05) is 23.6 Å². The van der Waals surface area contributed by atoms with Crippen molar-refractivity contribution in [3.63, 3.8) is 0 Å². The van der Waals surface area contributed by atoms with Gasteiger partial charge in [-0.3, -0.25) is 4.98 Å². The number of nitrogens with one attached hydrogen (secondary N) is 1. The molecule has 2 aromatic rings. The van der Waals surface area contributed by atoms with E-state index < -0.39 is 0 Å². The molecular weight excluding hydrogens is 268 g/mol. The Labute approximate surface area is 125 Å². The molecular formula is C16H18N2OS. The molecule has 0 radical (unpaired) electrons. The largest absolute Gasteiger partial charge is 0.466 e. The van der Waals surface area contributed by atoms with Gasteiger partial charge in [-0.1, -0.05) is 31.5 Å². The van der Waals surface area contributed by atoms with Crippen molar-refractivity contribution in [2.24, 2.45) is 0 Å². The molecule has 0 aliphatic heterocycles. The van der Waals surface area contributed by atoms with E-state index in [1.807, 2.05) is 24.3 Å². The predicted molar refractivity (Wildman–Crippen MR) is 85.7 cm³/mol. The summed E-state index contributed by atoms with van der Waals surface area (Å²) >= 11 is 5.17. The molecule has 0 aliphatic rings. The van der Waals surface area contributed by atoms with E-state index in [0.29, 0.717) is 11.8 Å². The summed E-state index contributed by atoms with van der Waals surface area (Å²) in [6.45, 7) is 2.60. The number of ether oxygens (including phenoxy) is 1. The molecule has 1 aromatic heterocycles. The normalized spacial score (nSPS) is 10.1. The van der Waals surface area contributed by atoms with Crippen LogP contribution in [0.15, 0.2) is 48.8 Å². The van der Waals surface area contributed by atoms with Crippen LogP contribution < -0.4 is 5.32 Å². The van der Waals surface area contributed by atoms with Crippen molar-refractivity contribution in [3.05, 3.63) is 59.9 Å². The first-order chi connectivity index (χ1) is 9.78. The van der Waals surface area contributed by atoms with Crippen LogP contribution in [0.2, 0.25) is 0 Å². The Balaban J connectivity index is 1.82. The Kier molecular flexibility index (Phi) is 5.50. The first-order valence-corrected chi connectivity index (χ1v) is 7.10. The van der Waals surface area contributed by atoms with E-state index in [2.05, 4.69) is 29.4 Å². The smallest absolute Gasteiger partial charge is 0.261 e. The minimum Gasteiger partial charge on any atom is -0.466 e. The van der Waals surface area contributed by atoms with Gasteiger partial charge in [0.15, 0.2) is 0 Å². The third kappa shape index (κ3) is 4.63. The maximum absolute atomic E-state index is 5.49. The fraction of sp³-hybridized carbons (Fsp3) is 0.250. The molecule has 0 spiro atoms. The molecule has 0 saturated carbocycles. The van der Waals surface area contributed by atoms with E-state index in [0.717, 1.165) is 24.1 Å². The minimum atomic E-state index is 0.372. The zero-order chi connectivity index (χ0) is 14.2. The molecule has 2 rings (SSSR count). The number of benzene rings is 1. The summed E-state index contributed by atoms with van der Waals surface area (Å²) in [6.07, 6.45) is 5.75. The van der Waals surface area contributed by atoms with Crippen LogP contribution in [0.1, 0.15) is 24.5 Å². The summed E-state index contributed by atoms with van der Waals surface area (Å²) in [5.74, 6) is 0. The maximum atomic E-state index is 5.49. The minimum absolute atomic E-state index is 0.372. The van der Waals surface area contributed by atoms with Gasteiger partial charge >= 0.3 is 0 Å². The van der Waals surface area contributed by atoms with Crippen LogP contribution in [0.4, 0.5) is 5.69 Å². The summed E-state index contributed by atoms with van der Waals surface area (Å²) < 4.78 is 5.49. The number of hydrogen-bond donors (Lipinski definition) is 1. The first kappa shape index (κ1) is 14.5. The molecule has 4 heteroatoms. The third-order valence-corrected chi connectivity index (χ3v) is 3.05. The van der Waals surface area contributed by atoms with Crippen LogP contribution in [0, 0.1) is 0 Å². The Hall–Kier alpha value is -1.94. The Morgan fingerprint density at radius 2 is 2.00 bits per heavy atom. The zero-order valence-electron chi connectivity index (χ0n) is 11.5. The lowest BCUT2D eigenvalue weighted by molar-refractivity contribution is 0.299. The third-order valence-electron chi connectivity index (χ3n) is 2.83. The van der Waals surface area contributed by atoms with Crippen molar-refractivity contribution in [1.29, 1.82) is 0 Å². The van der Waals surface area contributed by atoms with E-state index >= 15 is 0 Å². The van der Waals surface area contributed by atoms with Gasteiger partial charge in [-0.05, 0) is 42.4 Å². The molecule has 104 valence electrons. The summed E-state index contributed by atoms with van der Waals surface area (Å²) in [4.78, 5) is 4.03. The average molecular weight is 286 g/mol. The van der Waals surface area contributed by atoms with Gasteiger partial charge in [-0.2, -0.15) is 0 Å². The molecule has 0 unspecified atom stereocenters. The Bertz CT molecular complexity index is 540. The molecule has 0 atom stereocenters. The molecule has 1 heterocycles. The average Bonchev–Trinajstić information content (AvgIpc) is 2.49. The highest BCUT2D eigenvalue weighted by Gasteiger charge is 2.00. The highest BCUT2D eigenvalue weighted by atomic mass is 32.1. The molecule has 0 fully saturated rings. The van der Waals surface area contributed by atoms with E-state index in [9.17, 15) is 0 Å². The fourth-order valence-electron chi connectivity index (χ4n) is 1.83. The van der Waals surface area contributed by atoms with Crippen LogP contribution in [0.3, 0.4) is 0 Å². The number of anilines is 1. The van der Waals surface area contributed by atoms with Crippen LogP contribution in [0.5, 0.6) is 0 Å². The summed E-state index contributed by atoms with van der Waals surface area (Å²) in [5, 5.41) is 3.44. The lowest BCUT2D eigenvalue weighted by atomic mass is 10.1. The van der Waals surface area contributed by atoms with E-state index in [-0.39, 0.29) is 0 Å². The van der Waals surface area contributed by atoms with Crippen molar-refractivity contribution < 1.29 is 4.74 Å². The van der Waals surface area contributed by atoms with Crippen molar-refractivity contribution >= 4 is 23.1 Å². The second kappa shape index (κ2) is 7.60. The van der Waals surface area contributed by atoms with Gasteiger partial charge in [0.05, 0.1) is 0 Å². The molecule has 1 aromatic carbocycles. The number of hydrogen-bond acceptors (Lipinski definition) is 3. The first-order valence-electron chi connectivity index (χ1n) is 6.69. The van der Waals surface area contributed by atoms with Crippen molar-refractivity contribution in [2.75, 3.05) is 5.32 Å². The van der Waals surface area contributed by atoms with Crippen LogP contribution in [0.25, 0.3) is 0 Å². The van der Waals surface area contributed by atoms with Crippen LogP contribution in [-0.2, 0) is 17.8 Å². The molecule has 0 amide bonds. The van der Waals surface area contributed by atoms with E-state index in [1.54, 1.807) is 12.4 Å². The van der Waals surface area contributed by atoms with Gasteiger partial charge in [-0.15, -0.1) is 0 Å². The number of aromatic nitrogens is 1. The lowest BCUT2D eigenvalue weighted by Crippen LogP contribution is -2.13. The van der Waals surface area contributed by atoms with Gasteiger partial charge < -0.3 is 10.1 Å². The molecule has 0 aliphatic carbocycles. The number of nitrogens with zero attached hydrogens (tertiary/aromatic N) is 1. The number of aryl methyl sites for hydroxylation is 1. The van der Waals surface area contributed by atoms with Crippen molar-refractivity contribution in [3.8, 4) is 0 Å². The van der Waals surface area contributed by atoms with Crippen LogP contribution in [-0.4, -0.2) is 10.2 Å². The summed E-state index contributed by atoms with van der Waals surface area (Å²) in [6, 6.07) is 12.1. The van der Waals surface area contributed by atoms with Gasteiger partial charge in [0.1, 0.15) is 6.61 Å². The topological polar surface area (TPSA) is 34.1 Å². The SMILES string of the molecule is CCCc1ccc(NC(=S)OCc2cccnc2)cc1. The Morgan fingerprint density at radius 1 is 1.20 bits per heavy atom. The second-order valence-corrected chi connectivity index (χ2v) is 4.88. The predicted octanol–water partition coefficient (Wildman–Crippen LogP) is 3.95. The van der Waals surface area contributed by atoms with Gasteiger partial charge in [-0.25, -0.2) is 0 Å². The quantitative estimate of drug-likeness (QED) is 0.844. The van der Waals surface area contributed by atoms with Crippen molar-refractivity contribution in [2.45, 2.75) is 26.4 Å². The zero-order valence-corrected chi connectivity index (χ0v) is 12.3. The van der Waals surface area contributed by atoms with E-state index in [1.165, 1.54) is 5.56 Å².